The van der Waals surface area contributed by atoms with Gasteiger partial charge >= 0.3 is 0 Å². The smallest absolute Gasteiger partial charge is 0.169 e. The van der Waals surface area contributed by atoms with Crippen molar-refractivity contribution in [3.63, 3.8) is 0 Å². The van der Waals surface area contributed by atoms with E-state index in [-0.39, 0.29) is 0 Å². The molecule has 8 heteroatoms. The van der Waals surface area contributed by atoms with Crippen molar-refractivity contribution >= 4 is 33.2 Å². The molecule has 0 saturated carbocycles. The van der Waals surface area contributed by atoms with Crippen LogP contribution in [0.1, 0.15) is 5.69 Å². The van der Waals surface area contributed by atoms with Gasteiger partial charge in [-0.1, -0.05) is 6.07 Å². The number of nitrogens with zero attached hydrogens (tertiary/aromatic N) is 3. The average Bonchev–Trinajstić information content (AvgIpc) is 3.29. The van der Waals surface area contributed by atoms with Gasteiger partial charge in [0.25, 0.3) is 0 Å². The van der Waals surface area contributed by atoms with Crippen LogP contribution in [0.4, 0.5) is 11.6 Å². The Labute approximate surface area is 154 Å². The molecule has 0 atom stereocenters. The Morgan fingerprint density at radius 2 is 1.85 bits per heavy atom. The van der Waals surface area contributed by atoms with Gasteiger partial charge in [0.1, 0.15) is 17.1 Å². The van der Waals surface area contributed by atoms with Gasteiger partial charge in [-0.3, -0.25) is 5.10 Å². The lowest BCUT2D eigenvalue weighted by Crippen LogP contribution is -2.01. The van der Waals surface area contributed by atoms with Crippen molar-refractivity contribution in [1.29, 1.82) is 0 Å². The van der Waals surface area contributed by atoms with Crippen LogP contribution in [0.3, 0.4) is 0 Å². The molecule has 0 radical (unpaired) electrons. The number of aryl methyl sites for hydroxylation is 1. The second kappa shape index (κ2) is 6.64. The van der Waals surface area contributed by atoms with Gasteiger partial charge in [0.15, 0.2) is 17.5 Å². The first-order valence-corrected chi connectivity index (χ1v) is 8.83. The summed E-state index contributed by atoms with van der Waals surface area (Å²) in [5.41, 5.74) is 2.53. The molecule has 0 amide bonds. The summed E-state index contributed by atoms with van der Waals surface area (Å²) < 4.78 is 12.0. The molecule has 4 rings (SSSR count). The second-order valence-corrected chi connectivity index (χ2v) is 6.55. The zero-order valence-electron chi connectivity index (χ0n) is 14.5. The van der Waals surface area contributed by atoms with Crippen molar-refractivity contribution in [1.82, 2.24) is 20.2 Å². The predicted molar refractivity (Wildman–Crippen MR) is 103 cm³/mol. The topological polar surface area (TPSA) is 85.0 Å². The maximum Gasteiger partial charge on any atom is 0.169 e. The number of hydrogen-bond acceptors (Lipinski definition) is 7. The summed E-state index contributed by atoms with van der Waals surface area (Å²) in [5, 5.41) is 12.4. The van der Waals surface area contributed by atoms with Crippen LogP contribution in [0.5, 0.6) is 11.5 Å². The molecule has 4 aromatic rings. The van der Waals surface area contributed by atoms with Crippen molar-refractivity contribution in [2.24, 2.45) is 0 Å². The first-order valence-electron chi connectivity index (χ1n) is 7.95. The SMILES string of the molecule is COc1cccc(OC)c1-c1nc(Nc2cc(C)[nH]n2)c2sccc2n1. The molecular formula is C18H17N5O2S. The molecule has 0 bridgehead atoms. The molecule has 7 nitrogen and oxygen atoms in total. The maximum absolute atomic E-state index is 5.50. The van der Waals surface area contributed by atoms with E-state index in [1.54, 1.807) is 25.6 Å². The van der Waals surface area contributed by atoms with E-state index in [0.29, 0.717) is 34.5 Å². The molecule has 0 unspecified atom stereocenters. The fourth-order valence-corrected chi connectivity index (χ4v) is 3.51. The Morgan fingerprint density at radius 1 is 1.08 bits per heavy atom. The number of rotatable bonds is 5. The molecule has 0 aliphatic heterocycles. The summed E-state index contributed by atoms with van der Waals surface area (Å²) in [7, 11) is 3.24. The minimum atomic E-state index is 0.528. The lowest BCUT2D eigenvalue weighted by Gasteiger charge is -2.13. The van der Waals surface area contributed by atoms with Gasteiger partial charge in [0, 0.05) is 11.8 Å². The lowest BCUT2D eigenvalue weighted by atomic mass is 10.1. The zero-order valence-corrected chi connectivity index (χ0v) is 15.3. The normalized spacial score (nSPS) is 10.9. The predicted octanol–water partition coefficient (Wildman–Crippen LogP) is 4.15. The van der Waals surface area contributed by atoms with Gasteiger partial charge in [0.2, 0.25) is 0 Å². The number of anilines is 2. The number of hydrogen-bond donors (Lipinski definition) is 2. The van der Waals surface area contributed by atoms with Gasteiger partial charge in [-0.15, -0.1) is 11.3 Å². The Hall–Kier alpha value is -3.13. The third-order valence-corrected chi connectivity index (χ3v) is 4.82. The standard InChI is InChI=1S/C18H17N5O2S/c1-10-9-14(23-22-10)20-18-16-11(7-8-26-16)19-17(21-18)15-12(24-2)5-4-6-13(15)25-3/h4-9H,1-3H3,(H2,19,20,21,22,23). The van der Waals surface area contributed by atoms with Crippen LogP contribution in [-0.4, -0.2) is 34.4 Å². The van der Waals surface area contributed by atoms with Crippen LogP contribution in [0.25, 0.3) is 21.6 Å². The van der Waals surface area contributed by atoms with E-state index >= 15 is 0 Å². The quantitative estimate of drug-likeness (QED) is 0.551. The third kappa shape index (κ3) is 2.84. The minimum absolute atomic E-state index is 0.528. The second-order valence-electron chi connectivity index (χ2n) is 5.63. The Balaban J connectivity index is 1.90. The molecule has 0 aliphatic rings. The average molecular weight is 367 g/mol. The highest BCUT2D eigenvalue weighted by Crippen LogP contribution is 2.39. The third-order valence-electron chi connectivity index (χ3n) is 3.91. The number of thiophene rings is 1. The fourth-order valence-electron chi connectivity index (χ4n) is 2.73. The van der Waals surface area contributed by atoms with Crippen molar-refractivity contribution in [2.75, 3.05) is 19.5 Å². The molecule has 0 spiro atoms. The molecular weight excluding hydrogens is 350 g/mol. The Kier molecular flexibility index (Phi) is 4.18. The Morgan fingerprint density at radius 3 is 2.50 bits per heavy atom. The molecule has 1 aromatic carbocycles. The summed E-state index contributed by atoms with van der Waals surface area (Å²) in [6, 6.07) is 9.49. The van der Waals surface area contributed by atoms with Crippen LogP contribution in [-0.2, 0) is 0 Å². The molecule has 2 N–H and O–H groups in total. The van der Waals surface area contributed by atoms with Crippen LogP contribution in [0.15, 0.2) is 35.7 Å². The molecule has 0 fully saturated rings. The van der Waals surface area contributed by atoms with Crippen LogP contribution in [0.2, 0.25) is 0 Å². The van der Waals surface area contributed by atoms with E-state index < -0.39 is 0 Å². The largest absolute Gasteiger partial charge is 0.496 e. The minimum Gasteiger partial charge on any atom is -0.496 e. The van der Waals surface area contributed by atoms with Crippen LogP contribution >= 0.6 is 11.3 Å². The summed E-state index contributed by atoms with van der Waals surface area (Å²) in [6.45, 7) is 1.95. The van der Waals surface area contributed by atoms with Crippen molar-refractivity contribution in [3.8, 4) is 22.9 Å². The molecule has 3 heterocycles. The number of aromatic amines is 1. The Bertz CT molecular complexity index is 1050. The number of ether oxygens (including phenoxy) is 2. The first-order chi connectivity index (χ1) is 12.7. The molecule has 0 saturated heterocycles. The van der Waals surface area contributed by atoms with E-state index in [9.17, 15) is 0 Å². The molecule has 132 valence electrons. The number of methoxy groups -OCH3 is 2. The number of aromatic nitrogens is 4. The van der Waals surface area contributed by atoms with Gasteiger partial charge in [-0.25, -0.2) is 9.97 Å². The highest BCUT2D eigenvalue weighted by Gasteiger charge is 2.18. The number of nitrogens with one attached hydrogen (secondary N) is 2. The highest BCUT2D eigenvalue weighted by atomic mass is 32.1. The maximum atomic E-state index is 5.50. The number of fused-ring (bicyclic) bond motifs is 1. The number of benzene rings is 1. The monoisotopic (exact) mass is 367 g/mol. The summed E-state index contributed by atoms with van der Waals surface area (Å²) in [5.74, 6) is 3.23. The van der Waals surface area contributed by atoms with E-state index in [4.69, 9.17) is 19.4 Å². The van der Waals surface area contributed by atoms with Crippen molar-refractivity contribution in [3.05, 3.63) is 41.4 Å². The van der Waals surface area contributed by atoms with Gasteiger partial charge in [-0.05, 0) is 30.5 Å². The molecule has 0 aliphatic carbocycles. The van der Waals surface area contributed by atoms with E-state index in [2.05, 4.69) is 15.5 Å². The summed E-state index contributed by atoms with van der Waals surface area (Å²) >= 11 is 1.58. The first kappa shape index (κ1) is 16.3. The zero-order chi connectivity index (χ0) is 18.1. The molecule has 26 heavy (non-hydrogen) atoms. The van der Waals surface area contributed by atoms with Crippen LogP contribution < -0.4 is 14.8 Å². The fraction of sp³-hybridized carbons (Fsp3) is 0.167. The van der Waals surface area contributed by atoms with Crippen LogP contribution in [0, 0.1) is 6.92 Å². The number of H-pyrrole nitrogens is 1. The van der Waals surface area contributed by atoms with E-state index in [0.717, 1.165) is 15.9 Å². The van der Waals surface area contributed by atoms with Gasteiger partial charge in [0.05, 0.1) is 24.4 Å². The molecule has 3 aromatic heterocycles. The van der Waals surface area contributed by atoms with E-state index in [1.807, 2.05) is 42.6 Å². The lowest BCUT2D eigenvalue weighted by molar-refractivity contribution is 0.397. The van der Waals surface area contributed by atoms with Crippen molar-refractivity contribution < 1.29 is 9.47 Å². The van der Waals surface area contributed by atoms with E-state index in [1.165, 1.54) is 0 Å². The van der Waals surface area contributed by atoms with Gasteiger partial charge in [-0.2, -0.15) is 5.10 Å². The van der Waals surface area contributed by atoms with Crippen molar-refractivity contribution in [2.45, 2.75) is 6.92 Å². The summed E-state index contributed by atoms with van der Waals surface area (Å²) in [4.78, 5) is 9.44. The van der Waals surface area contributed by atoms with Gasteiger partial charge < -0.3 is 14.8 Å². The summed E-state index contributed by atoms with van der Waals surface area (Å²) in [6.07, 6.45) is 0. The highest BCUT2D eigenvalue weighted by molar-refractivity contribution is 7.17.